The molecular weight excluding hydrogens is 216 g/mol. The van der Waals surface area contributed by atoms with E-state index in [0.717, 1.165) is 18.6 Å². The van der Waals surface area contributed by atoms with Crippen molar-refractivity contribution in [3.05, 3.63) is 35.4 Å². The van der Waals surface area contributed by atoms with E-state index in [9.17, 15) is 4.79 Å². The predicted molar refractivity (Wildman–Crippen MR) is 67.1 cm³/mol. The lowest BCUT2D eigenvalue weighted by Crippen LogP contribution is -2.07. The summed E-state index contributed by atoms with van der Waals surface area (Å²) in [5.41, 5.74) is 1.58. The molecule has 94 valence electrons. The van der Waals surface area contributed by atoms with Gasteiger partial charge in [0, 0.05) is 6.61 Å². The van der Waals surface area contributed by atoms with E-state index in [2.05, 4.69) is 6.92 Å². The number of benzene rings is 1. The van der Waals surface area contributed by atoms with Gasteiger partial charge in [-0.05, 0) is 38.0 Å². The number of ether oxygens (including phenoxy) is 2. The minimum absolute atomic E-state index is 0.00401. The summed E-state index contributed by atoms with van der Waals surface area (Å²) in [5, 5.41) is 0. The third-order valence-electron chi connectivity index (χ3n) is 2.44. The zero-order chi connectivity index (χ0) is 12.7. The molecule has 0 aromatic heterocycles. The maximum absolute atomic E-state index is 11.6. The second-order valence-electron chi connectivity index (χ2n) is 3.86. The number of rotatable bonds is 6. The Bertz CT molecular complexity index is 360. The molecule has 1 aromatic rings. The van der Waals surface area contributed by atoms with E-state index in [1.165, 1.54) is 0 Å². The number of carbonyl (C=O) groups is 1. The molecule has 0 aliphatic carbocycles. The normalized spacial score (nSPS) is 12.2. The average molecular weight is 236 g/mol. The molecule has 1 unspecified atom stereocenters. The fourth-order valence-corrected chi connectivity index (χ4v) is 1.52. The molecule has 1 rings (SSSR count). The van der Waals surface area contributed by atoms with Gasteiger partial charge in [0.25, 0.3) is 0 Å². The highest BCUT2D eigenvalue weighted by Crippen LogP contribution is 2.18. The van der Waals surface area contributed by atoms with E-state index in [4.69, 9.17) is 9.47 Å². The Morgan fingerprint density at radius 3 is 2.76 bits per heavy atom. The van der Waals surface area contributed by atoms with Crippen molar-refractivity contribution >= 4 is 5.97 Å². The molecule has 0 aliphatic heterocycles. The lowest BCUT2D eigenvalue weighted by molar-refractivity contribution is 0.0524. The van der Waals surface area contributed by atoms with Crippen LogP contribution < -0.4 is 0 Å². The molecule has 3 nitrogen and oxygen atoms in total. The maximum Gasteiger partial charge on any atom is 0.338 e. The first-order valence-electron chi connectivity index (χ1n) is 6.07. The molecule has 0 aliphatic rings. The average Bonchev–Trinajstić information content (AvgIpc) is 2.36. The molecule has 1 aromatic carbocycles. The van der Waals surface area contributed by atoms with Gasteiger partial charge >= 0.3 is 5.97 Å². The summed E-state index contributed by atoms with van der Waals surface area (Å²) in [6.07, 6.45) is 0.992. The molecule has 0 N–H and O–H groups in total. The van der Waals surface area contributed by atoms with Gasteiger partial charge in [0.15, 0.2) is 0 Å². The van der Waals surface area contributed by atoms with Gasteiger partial charge in [-0.3, -0.25) is 0 Å². The van der Waals surface area contributed by atoms with Crippen molar-refractivity contribution < 1.29 is 14.3 Å². The highest BCUT2D eigenvalue weighted by Gasteiger charge is 2.10. The molecule has 3 heteroatoms. The van der Waals surface area contributed by atoms with Gasteiger partial charge in [-0.25, -0.2) is 4.79 Å². The summed E-state index contributed by atoms with van der Waals surface area (Å²) in [5.74, 6) is -0.281. The summed E-state index contributed by atoms with van der Waals surface area (Å²) >= 11 is 0. The van der Waals surface area contributed by atoms with Crippen LogP contribution in [0, 0.1) is 0 Å². The minimum Gasteiger partial charge on any atom is -0.462 e. The third-order valence-corrected chi connectivity index (χ3v) is 2.44. The summed E-state index contributed by atoms with van der Waals surface area (Å²) in [7, 11) is 0. The van der Waals surface area contributed by atoms with Crippen molar-refractivity contribution in [3.8, 4) is 0 Å². The summed E-state index contributed by atoms with van der Waals surface area (Å²) < 4.78 is 10.6. The van der Waals surface area contributed by atoms with E-state index in [-0.39, 0.29) is 12.1 Å². The van der Waals surface area contributed by atoms with Gasteiger partial charge < -0.3 is 9.47 Å². The van der Waals surface area contributed by atoms with E-state index in [1.54, 1.807) is 13.0 Å². The summed E-state index contributed by atoms with van der Waals surface area (Å²) in [6.45, 7) is 6.98. The van der Waals surface area contributed by atoms with Crippen LogP contribution in [0.2, 0.25) is 0 Å². The number of hydrogen-bond acceptors (Lipinski definition) is 3. The highest BCUT2D eigenvalue weighted by molar-refractivity contribution is 5.89. The Morgan fingerprint density at radius 2 is 2.12 bits per heavy atom. The van der Waals surface area contributed by atoms with Crippen LogP contribution in [0.25, 0.3) is 0 Å². The van der Waals surface area contributed by atoms with Crippen LogP contribution in [0.3, 0.4) is 0 Å². The fourth-order valence-electron chi connectivity index (χ4n) is 1.52. The zero-order valence-electron chi connectivity index (χ0n) is 10.7. The van der Waals surface area contributed by atoms with Gasteiger partial charge in [0.05, 0.1) is 18.3 Å². The third kappa shape index (κ3) is 4.19. The Balaban J connectivity index is 2.74. The van der Waals surface area contributed by atoms with Crippen LogP contribution >= 0.6 is 0 Å². The minimum atomic E-state index is -0.281. The van der Waals surface area contributed by atoms with E-state index < -0.39 is 0 Å². The summed E-state index contributed by atoms with van der Waals surface area (Å²) in [4.78, 5) is 11.6. The topological polar surface area (TPSA) is 35.5 Å². The fraction of sp³-hybridized carbons (Fsp3) is 0.500. The first-order valence-corrected chi connectivity index (χ1v) is 6.07. The van der Waals surface area contributed by atoms with E-state index in [1.807, 2.05) is 25.1 Å². The molecule has 0 saturated carbocycles. The molecule has 0 fully saturated rings. The molecule has 17 heavy (non-hydrogen) atoms. The van der Waals surface area contributed by atoms with Crippen molar-refractivity contribution in [2.75, 3.05) is 13.2 Å². The second-order valence-corrected chi connectivity index (χ2v) is 3.86. The van der Waals surface area contributed by atoms with Gasteiger partial charge in [-0.2, -0.15) is 0 Å². The standard InChI is InChI=1S/C14H20O3/c1-4-9-17-11(3)12-7-6-8-13(10-12)14(15)16-5-2/h6-8,10-11H,4-5,9H2,1-3H3. The van der Waals surface area contributed by atoms with Crippen molar-refractivity contribution in [2.45, 2.75) is 33.3 Å². The lowest BCUT2D eigenvalue weighted by Gasteiger charge is -2.13. The molecule has 0 amide bonds. The SMILES string of the molecule is CCCOC(C)c1cccc(C(=O)OCC)c1. The molecule has 0 saturated heterocycles. The largest absolute Gasteiger partial charge is 0.462 e. The van der Waals surface area contributed by atoms with Crippen LogP contribution in [0.1, 0.15) is 49.2 Å². The van der Waals surface area contributed by atoms with Crippen LogP contribution in [-0.4, -0.2) is 19.2 Å². The predicted octanol–water partition coefficient (Wildman–Crippen LogP) is 3.35. The molecule has 0 heterocycles. The van der Waals surface area contributed by atoms with Crippen molar-refractivity contribution in [1.29, 1.82) is 0 Å². The summed E-state index contributed by atoms with van der Waals surface area (Å²) in [6, 6.07) is 7.41. The van der Waals surface area contributed by atoms with Crippen LogP contribution in [0.5, 0.6) is 0 Å². The lowest BCUT2D eigenvalue weighted by atomic mass is 10.1. The number of esters is 1. The van der Waals surface area contributed by atoms with Gasteiger partial charge in [-0.1, -0.05) is 19.1 Å². The first kappa shape index (κ1) is 13.7. The zero-order valence-corrected chi connectivity index (χ0v) is 10.7. The van der Waals surface area contributed by atoms with Crippen LogP contribution in [-0.2, 0) is 9.47 Å². The molecule has 1 atom stereocenters. The van der Waals surface area contributed by atoms with Crippen LogP contribution in [0.15, 0.2) is 24.3 Å². The highest BCUT2D eigenvalue weighted by atomic mass is 16.5. The first-order chi connectivity index (χ1) is 8.19. The van der Waals surface area contributed by atoms with Gasteiger partial charge in [0.2, 0.25) is 0 Å². The van der Waals surface area contributed by atoms with Gasteiger partial charge in [-0.15, -0.1) is 0 Å². The number of hydrogen-bond donors (Lipinski definition) is 0. The quantitative estimate of drug-likeness (QED) is 0.710. The van der Waals surface area contributed by atoms with E-state index in [0.29, 0.717) is 12.2 Å². The molecule has 0 bridgehead atoms. The Labute approximate surface area is 103 Å². The van der Waals surface area contributed by atoms with E-state index >= 15 is 0 Å². The van der Waals surface area contributed by atoms with Crippen molar-refractivity contribution in [1.82, 2.24) is 0 Å². The smallest absolute Gasteiger partial charge is 0.338 e. The molecular formula is C14H20O3. The van der Waals surface area contributed by atoms with Crippen molar-refractivity contribution in [3.63, 3.8) is 0 Å². The second kappa shape index (κ2) is 7.07. The van der Waals surface area contributed by atoms with Crippen LogP contribution in [0.4, 0.5) is 0 Å². The Kier molecular flexibility index (Phi) is 5.70. The van der Waals surface area contributed by atoms with Gasteiger partial charge in [0.1, 0.15) is 0 Å². The Hall–Kier alpha value is -1.35. The maximum atomic E-state index is 11.6. The monoisotopic (exact) mass is 236 g/mol. The van der Waals surface area contributed by atoms with Crippen molar-refractivity contribution in [2.24, 2.45) is 0 Å². The number of carbonyl (C=O) groups excluding carboxylic acids is 1. The Morgan fingerprint density at radius 1 is 1.35 bits per heavy atom. The molecule has 0 radical (unpaired) electrons. The molecule has 0 spiro atoms.